The van der Waals surface area contributed by atoms with Crippen molar-refractivity contribution in [3.8, 4) is 0 Å². The first-order valence-electron chi connectivity index (χ1n) is 6.52. The highest BCUT2D eigenvalue weighted by atomic mass is 16.3. The van der Waals surface area contributed by atoms with Gasteiger partial charge in [-0.25, -0.2) is 0 Å². The van der Waals surface area contributed by atoms with Crippen LogP contribution in [-0.4, -0.2) is 17.0 Å². The van der Waals surface area contributed by atoms with Gasteiger partial charge in [-0.3, -0.25) is 4.79 Å². The van der Waals surface area contributed by atoms with Crippen molar-refractivity contribution in [2.24, 2.45) is 17.3 Å². The molecule has 3 aliphatic carbocycles. The summed E-state index contributed by atoms with van der Waals surface area (Å²) in [6.45, 7) is 2.25. The molecule has 1 N–H and O–H groups in total. The van der Waals surface area contributed by atoms with Crippen LogP contribution in [0.2, 0.25) is 0 Å². The minimum absolute atomic E-state index is 0.114. The number of carbonyl (C=O) groups excluding carboxylic acids is 1. The molecular weight excluding hydrogens is 200 g/mol. The zero-order valence-corrected chi connectivity index (χ0v) is 9.91. The van der Waals surface area contributed by atoms with Crippen molar-refractivity contribution in [1.29, 1.82) is 0 Å². The molecule has 0 heterocycles. The Morgan fingerprint density at radius 1 is 1.31 bits per heavy atom. The number of hydrogen-bond acceptors (Lipinski definition) is 2. The van der Waals surface area contributed by atoms with Gasteiger partial charge in [0.2, 0.25) is 0 Å². The van der Waals surface area contributed by atoms with Gasteiger partial charge in [-0.15, -0.1) is 0 Å². The monoisotopic (exact) mass is 220 g/mol. The Hall–Kier alpha value is -0.630. The van der Waals surface area contributed by atoms with Crippen molar-refractivity contribution in [2.45, 2.75) is 51.6 Å². The SMILES string of the molecule is C[C@]12CCC3=CC(=O)CC[C@@H]3[C@H]1CC[C@@H]2O. The molecule has 0 aromatic heterocycles. The summed E-state index contributed by atoms with van der Waals surface area (Å²) in [6.07, 6.45) is 7.73. The maximum absolute atomic E-state index is 11.4. The molecule has 2 nitrogen and oxygen atoms in total. The van der Waals surface area contributed by atoms with Gasteiger partial charge in [-0.1, -0.05) is 12.5 Å². The molecule has 0 spiro atoms. The molecule has 0 aliphatic heterocycles. The van der Waals surface area contributed by atoms with Crippen LogP contribution in [0.3, 0.4) is 0 Å². The summed E-state index contributed by atoms with van der Waals surface area (Å²) < 4.78 is 0. The molecule has 3 rings (SSSR count). The Labute approximate surface area is 96.7 Å². The van der Waals surface area contributed by atoms with Crippen molar-refractivity contribution in [3.63, 3.8) is 0 Å². The van der Waals surface area contributed by atoms with Crippen LogP contribution in [0.1, 0.15) is 45.4 Å². The van der Waals surface area contributed by atoms with Gasteiger partial charge in [-0.05, 0) is 55.4 Å². The molecule has 3 aliphatic rings. The molecule has 16 heavy (non-hydrogen) atoms. The first-order chi connectivity index (χ1) is 7.61. The largest absolute Gasteiger partial charge is 0.393 e. The number of allylic oxidation sites excluding steroid dienone is 2. The topological polar surface area (TPSA) is 37.3 Å². The van der Waals surface area contributed by atoms with Crippen LogP contribution in [-0.2, 0) is 4.79 Å². The fourth-order valence-electron chi connectivity index (χ4n) is 4.26. The second-order valence-corrected chi connectivity index (χ2v) is 6.04. The van der Waals surface area contributed by atoms with E-state index in [9.17, 15) is 9.90 Å². The number of hydrogen-bond donors (Lipinski definition) is 1. The van der Waals surface area contributed by atoms with Crippen LogP contribution in [0.5, 0.6) is 0 Å². The molecule has 0 aromatic rings. The Bertz CT molecular complexity index is 358. The molecule has 88 valence electrons. The van der Waals surface area contributed by atoms with E-state index < -0.39 is 0 Å². The van der Waals surface area contributed by atoms with Crippen LogP contribution in [0.15, 0.2) is 11.6 Å². The Kier molecular flexibility index (Phi) is 2.25. The van der Waals surface area contributed by atoms with Crippen LogP contribution in [0.4, 0.5) is 0 Å². The van der Waals surface area contributed by atoms with E-state index in [0.717, 1.165) is 38.5 Å². The number of rotatable bonds is 0. The normalized spacial score (nSPS) is 47.2. The molecule has 2 heteroatoms. The van der Waals surface area contributed by atoms with E-state index in [0.29, 0.717) is 17.6 Å². The molecular formula is C14H20O2. The fraction of sp³-hybridized carbons (Fsp3) is 0.786. The lowest BCUT2D eigenvalue weighted by Gasteiger charge is -2.46. The van der Waals surface area contributed by atoms with Crippen molar-refractivity contribution in [1.82, 2.24) is 0 Å². The zero-order valence-electron chi connectivity index (χ0n) is 9.91. The van der Waals surface area contributed by atoms with Gasteiger partial charge in [0.25, 0.3) is 0 Å². The highest BCUT2D eigenvalue weighted by Crippen LogP contribution is 2.57. The maximum atomic E-state index is 11.4. The van der Waals surface area contributed by atoms with Gasteiger partial charge in [0.05, 0.1) is 6.10 Å². The third kappa shape index (κ3) is 1.32. The minimum Gasteiger partial charge on any atom is -0.393 e. The number of ketones is 1. The van der Waals surface area contributed by atoms with Gasteiger partial charge in [-0.2, -0.15) is 0 Å². The summed E-state index contributed by atoms with van der Waals surface area (Å²) >= 11 is 0. The lowest BCUT2D eigenvalue weighted by Crippen LogP contribution is -2.41. The second-order valence-electron chi connectivity index (χ2n) is 6.04. The first kappa shape index (κ1) is 10.5. The van der Waals surface area contributed by atoms with E-state index in [4.69, 9.17) is 0 Å². The molecule has 0 radical (unpaired) electrons. The quantitative estimate of drug-likeness (QED) is 0.681. The predicted molar refractivity (Wildman–Crippen MR) is 61.9 cm³/mol. The van der Waals surface area contributed by atoms with Gasteiger partial charge < -0.3 is 5.11 Å². The number of fused-ring (bicyclic) bond motifs is 3. The van der Waals surface area contributed by atoms with Gasteiger partial charge in [0.15, 0.2) is 5.78 Å². The van der Waals surface area contributed by atoms with Crippen molar-refractivity contribution >= 4 is 5.78 Å². The van der Waals surface area contributed by atoms with E-state index in [-0.39, 0.29) is 11.5 Å². The summed E-state index contributed by atoms with van der Waals surface area (Å²) in [5.41, 5.74) is 1.51. The Balaban J connectivity index is 1.93. The Morgan fingerprint density at radius 3 is 2.94 bits per heavy atom. The van der Waals surface area contributed by atoms with E-state index >= 15 is 0 Å². The zero-order chi connectivity index (χ0) is 11.3. The molecule has 4 atom stereocenters. The minimum atomic E-state index is -0.114. The standard InChI is InChI=1S/C14H20O2/c1-14-7-6-9-8-10(15)2-3-11(9)12(14)4-5-13(14)16/h8,11-13,16H,2-7H2,1H3/t11-,12+,13-,14-/m0/s1. The Morgan fingerprint density at radius 2 is 2.12 bits per heavy atom. The number of aliphatic hydroxyl groups excluding tert-OH is 1. The summed E-state index contributed by atoms with van der Waals surface area (Å²) in [4.78, 5) is 11.4. The van der Waals surface area contributed by atoms with E-state index in [1.165, 1.54) is 5.57 Å². The van der Waals surface area contributed by atoms with Gasteiger partial charge in [0, 0.05) is 6.42 Å². The lowest BCUT2D eigenvalue weighted by atomic mass is 9.59. The molecule has 0 amide bonds. The number of carbonyl (C=O) groups is 1. The summed E-state index contributed by atoms with van der Waals surface area (Å²) in [5.74, 6) is 1.53. The smallest absolute Gasteiger partial charge is 0.155 e. The maximum Gasteiger partial charge on any atom is 0.155 e. The highest BCUT2D eigenvalue weighted by molar-refractivity contribution is 5.91. The fourth-order valence-corrected chi connectivity index (χ4v) is 4.26. The van der Waals surface area contributed by atoms with E-state index in [2.05, 4.69) is 6.92 Å². The molecule has 2 fully saturated rings. The first-order valence-corrected chi connectivity index (χ1v) is 6.52. The average Bonchev–Trinajstić information content (AvgIpc) is 2.56. The van der Waals surface area contributed by atoms with Crippen molar-refractivity contribution < 1.29 is 9.90 Å². The van der Waals surface area contributed by atoms with Gasteiger partial charge >= 0.3 is 0 Å². The third-order valence-corrected chi connectivity index (χ3v) is 5.32. The molecule has 2 saturated carbocycles. The third-order valence-electron chi connectivity index (χ3n) is 5.32. The van der Waals surface area contributed by atoms with Gasteiger partial charge in [0.1, 0.15) is 0 Å². The predicted octanol–water partition coefficient (Wildman–Crippen LogP) is 2.46. The molecule has 0 saturated heterocycles. The van der Waals surface area contributed by atoms with Crippen LogP contribution < -0.4 is 0 Å². The molecule has 0 bridgehead atoms. The van der Waals surface area contributed by atoms with E-state index in [1.807, 2.05) is 6.08 Å². The number of aliphatic hydroxyl groups is 1. The van der Waals surface area contributed by atoms with Crippen molar-refractivity contribution in [2.75, 3.05) is 0 Å². The van der Waals surface area contributed by atoms with Crippen LogP contribution in [0, 0.1) is 17.3 Å². The van der Waals surface area contributed by atoms with Crippen LogP contribution >= 0.6 is 0 Å². The highest BCUT2D eigenvalue weighted by Gasteiger charge is 2.52. The second kappa shape index (κ2) is 3.43. The van der Waals surface area contributed by atoms with Crippen molar-refractivity contribution in [3.05, 3.63) is 11.6 Å². The van der Waals surface area contributed by atoms with Crippen LogP contribution in [0.25, 0.3) is 0 Å². The molecule has 0 unspecified atom stereocenters. The average molecular weight is 220 g/mol. The van der Waals surface area contributed by atoms with E-state index in [1.54, 1.807) is 0 Å². The molecule has 0 aromatic carbocycles. The summed E-state index contributed by atoms with van der Waals surface area (Å²) in [5, 5.41) is 10.1. The lowest BCUT2D eigenvalue weighted by molar-refractivity contribution is -0.115. The summed E-state index contributed by atoms with van der Waals surface area (Å²) in [7, 11) is 0. The summed E-state index contributed by atoms with van der Waals surface area (Å²) in [6, 6.07) is 0.